The Kier molecular flexibility index (Phi) is 2.78. The fraction of sp³-hybridized carbons (Fsp3) is 0.333. The summed E-state index contributed by atoms with van der Waals surface area (Å²) in [6.45, 7) is 3.05. The fourth-order valence-corrected chi connectivity index (χ4v) is 1.65. The summed E-state index contributed by atoms with van der Waals surface area (Å²) >= 11 is 1.37. The van der Waals surface area contributed by atoms with Crippen molar-refractivity contribution in [2.24, 2.45) is 0 Å². The molecule has 0 radical (unpaired) electrons. The monoisotopic (exact) mass is 209 g/mol. The summed E-state index contributed by atoms with van der Waals surface area (Å²) < 4.78 is 9.18. The molecule has 0 aliphatic rings. The molecule has 2 heterocycles. The molecule has 2 rings (SSSR count). The number of nitrogens with one attached hydrogen (secondary N) is 1. The number of furan rings is 1. The van der Waals surface area contributed by atoms with E-state index >= 15 is 0 Å². The van der Waals surface area contributed by atoms with E-state index < -0.39 is 0 Å². The van der Waals surface area contributed by atoms with Gasteiger partial charge >= 0.3 is 0 Å². The molecule has 0 aromatic carbocycles. The first kappa shape index (κ1) is 9.21. The number of hydrogen-bond acceptors (Lipinski definition) is 5. The number of hydrogen-bond donors (Lipinski definition) is 1. The highest BCUT2D eigenvalue weighted by molar-refractivity contribution is 7.09. The number of nitrogens with zero attached hydrogens (tertiary/aromatic N) is 2. The standard InChI is InChI=1S/C9H11N3OS/c1-2-4-10-9-11-8(12-14-9)7-3-5-13-6-7/h3,5-6H,2,4H2,1H3,(H,10,11,12). The van der Waals surface area contributed by atoms with Crippen LogP contribution in [0.2, 0.25) is 0 Å². The molecular formula is C9H11N3OS. The molecule has 74 valence electrons. The van der Waals surface area contributed by atoms with Crippen molar-refractivity contribution in [1.29, 1.82) is 0 Å². The highest BCUT2D eigenvalue weighted by atomic mass is 32.1. The topological polar surface area (TPSA) is 51.0 Å². The van der Waals surface area contributed by atoms with E-state index in [0.29, 0.717) is 0 Å². The highest BCUT2D eigenvalue weighted by Crippen LogP contribution is 2.20. The second-order valence-corrected chi connectivity index (χ2v) is 3.61. The predicted octanol–water partition coefficient (Wildman–Crippen LogP) is 2.62. The van der Waals surface area contributed by atoms with Gasteiger partial charge in [-0.25, -0.2) is 0 Å². The Hall–Kier alpha value is -1.36. The zero-order valence-electron chi connectivity index (χ0n) is 7.86. The van der Waals surface area contributed by atoms with Crippen LogP contribution in [-0.2, 0) is 0 Å². The Morgan fingerprint density at radius 2 is 2.50 bits per heavy atom. The van der Waals surface area contributed by atoms with Gasteiger partial charge in [-0.05, 0) is 12.5 Å². The quantitative estimate of drug-likeness (QED) is 0.841. The van der Waals surface area contributed by atoms with Crippen molar-refractivity contribution in [3.05, 3.63) is 18.6 Å². The fourth-order valence-electron chi connectivity index (χ4n) is 1.04. The van der Waals surface area contributed by atoms with Gasteiger partial charge in [-0.1, -0.05) is 6.92 Å². The van der Waals surface area contributed by atoms with Gasteiger partial charge in [-0.2, -0.15) is 9.36 Å². The molecule has 0 spiro atoms. The van der Waals surface area contributed by atoms with Crippen LogP contribution in [0.1, 0.15) is 13.3 Å². The third-order valence-electron chi connectivity index (χ3n) is 1.73. The molecule has 0 atom stereocenters. The Morgan fingerprint density at radius 1 is 1.57 bits per heavy atom. The summed E-state index contributed by atoms with van der Waals surface area (Å²) in [5, 5.41) is 4.05. The molecular weight excluding hydrogens is 198 g/mol. The molecule has 14 heavy (non-hydrogen) atoms. The maximum Gasteiger partial charge on any atom is 0.202 e. The third-order valence-corrected chi connectivity index (χ3v) is 2.40. The van der Waals surface area contributed by atoms with Crippen LogP contribution in [0.5, 0.6) is 0 Å². The molecule has 0 aliphatic heterocycles. The average Bonchev–Trinajstić information content (AvgIpc) is 2.85. The lowest BCUT2D eigenvalue weighted by molar-refractivity contribution is 0.568. The van der Waals surface area contributed by atoms with Crippen molar-refractivity contribution in [3.63, 3.8) is 0 Å². The summed E-state index contributed by atoms with van der Waals surface area (Å²) in [6.07, 6.45) is 4.35. The van der Waals surface area contributed by atoms with Crippen LogP contribution in [-0.4, -0.2) is 15.9 Å². The van der Waals surface area contributed by atoms with E-state index in [0.717, 1.165) is 29.5 Å². The molecule has 1 N–H and O–H groups in total. The molecule has 0 fully saturated rings. The van der Waals surface area contributed by atoms with Gasteiger partial charge in [-0.3, -0.25) is 0 Å². The van der Waals surface area contributed by atoms with E-state index in [2.05, 4.69) is 21.6 Å². The van der Waals surface area contributed by atoms with E-state index in [1.165, 1.54) is 11.5 Å². The summed E-state index contributed by atoms with van der Waals surface area (Å²) in [5.41, 5.74) is 0.922. The van der Waals surface area contributed by atoms with Gasteiger partial charge < -0.3 is 9.73 Å². The van der Waals surface area contributed by atoms with E-state index in [-0.39, 0.29) is 0 Å². The third kappa shape index (κ3) is 1.93. The lowest BCUT2D eigenvalue weighted by Gasteiger charge is -1.95. The molecule has 0 bridgehead atoms. The van der Waals surface area contributed by atoms with Crippen molar-refractivity contribution in [2.75, 3.05) is 11.9 Å². The van der Waals surface area contributed by atoms with Gasteiger partial charge in [0.05, 0.1) is 11.8 Å². The van der Waals surface area contributed by atoms with Crippen molar-refractivity contribution in [2.45, 2.75) is 13.3 Å². The Morgan fingerprint density at radius 3 is 3.21 bits per heavy atom. The molecule has 0 saturated heterocycles. The lowest BCUT2D eigenvalue weighted by Crippen LogP contribution is -1.98. The summed E-state index contributed by atoms with van der Waals surface area (Å²) in [7, 11) is 0. The van der Waals surface area contributed by atoms with E-state index in [1.54, 1.807) is 12.5 Å². The van der Waals surface area contributed by atoms with Crippen LogP contribution < -0.4 is 5.32 Å². The minimum Gasteiger partial charge on any atom is -0.472 e. The Labute approximate surface area is 86.1 Å². The van der Waals surface area contributed by atoms with Gasteiger partial charge in [0.2, 0.25) is 5.13 Å². The molecule has 2 aromatic rings. The first-order valence-corrected chi connectivity index (χ1v) is 5.27. The second-order valence-electron chi connectivity index (χ2n) is 2.86. The van der Waals surface area contributed by atoms with Gasteiger partial charge in [-0.15, -0.1) is 0 Å². The van der Waals surface area contributed by atoms with Crippen LogP contribution in [0.25, 0.3) is 11.4 Å². The smallest absolute Gasteiger partial charge is 0.202 e. The first-order chi connectivity index (χ1) is 6.90. The van der Waals surface area contributed by atoms with Crippen LogP contribution in [0.4, 0.5) is 5.13 Å². The summed E-state index contributed by atoms with van der Waals surface area (Å²) in [6, 6.07) is 1.85. The Bertz CT molecular complexity index is 382. The molecule has 4 nitrogen and oxygen atoms in total. The maximum atomic E-state index is 4.96. The molecule has 2 aromatic heterocycles. The second kappa shape index (κ2) is 4.23. The minimum absolute atomic E-state index is 0.724. The van der Waals surface area contributed by atoms with Gasteiger partial charge in [0, 0.05) is 18.1 Å². The number of anilines is 1. The van der Waals surface area contributed by atoms with Crippen LogP contribution in [0.15, 0.2) is 23.0 Å². The van der Waals surface area contributed by atoms with Crippen molar-refractivity contribution in [1.82, 2.24) is 9.36 Å². The van der Waals surface area contributed by atoms with Crippen LogP contribution in [0.3, 0.4) is 0 Å². The molecule has 0 unspecified atom stereocenters. The first-order valence-electron chi connectivity index (χ1n) is 4.50. The van der Waals surface area contributed by atoms with Crippen molar-refractivity contribution in [3.8, 4) is 11.4 Å². The SMILES string of the molecule is CCCNc1nc(-c2ccoc2)ns1. The molecule has 0 aliphatic carbocycles. The number of aromatic nitrogens is 2. The zero-order valence-corrected chi connectivity index (χ0v) is 8.67. The largest absolute Gasteiger partial charge is 0.472 e. The summed E-state index contributed by atoms with van der Waals surface area (Å²) in [4.78, 5) is 4.33. The van der Waals surface area contributed by atoms with Crippen molar-refractivity contribution < 1.29 is 4.42 Å². The van der Waals surface area contributed by atoms with Crippen LogP contribution in [0, 0.1) is 0 Å². The minimum atomic E-state index is 0.724. The van der Waals surface area contributed by atoms with Crippen molar-refractivity contribution >= 4 is 16.7 Å². The molecule has 0 amide bonds. The van der Waals surface area contributed by atoms with E-state index in [4.69, 9.17) is 4.42 Å². The average molecular weight is 209 g/mol. The maximum absolute atomic E-state index is 4.96. The lowest BCUT2D eigenvalue weighted by atomic mass is 10.3. The van der Waals surface area contributed by atoms with E-state index in [9.17, 15) is 0 Å². The Balaban J connectivity index is 2.10. The van der Waals surface area contributed by atoms with Gasteiger partial charge in [0.15, 0.2) is 5.82 Å². The highest BCUT2D eigenvalue weighted by Gasteiger charge is 2.06. The van der Waals surface area contributed by atoms with Gasteiger partial charge in [0.1, 0.15) is 6.26 Å². The van der Waals surface area contributed by atoms with Crippen LogP contribution >= 0.6 is 11.5 Å². The van der Waals surface area contributed by atoms with Gasteiger partial charge in [0.25, 0.3) is 0 Å². The molecule has 0 saturated carbocycles. The molecule has 5 heteroatoms. The normalized spacial score (nSPS) is 10.4. The predicted molar refractivity (Wildman–Crippen MR) is 56.4 cm³/mol. The zero-order chi connectivity index (χ0) is 9.80. The summed E-state index contributed by atoms with van der Waals surface area (Å²) in [5.74, 6) is 0.724. The number of rotatable bonds is 4. The van der Waals surface area contributed by atoms with E-state index in [1.807, 2.05) is 6.07 Å².